The molecule has 1 amide bonds. The maximum Gasteiger partial charge on any atom is 0.326 e. The second kappa shape index (κ2) is 6.25. The molecule has 4 nitrogen and oxygen atoms in total. The molecule has 0 saturated heterocycles. The van der Waals surface area contributed by atoms with Crippen LogP contribution in [0, 0.1) is 0 Å². The standard InChI is InChI=1S/C12H14ClNO3/c1-2-10(12(16)17)14-11(15)7-8-5-3-4-6-9(8)13/h3-6,10H,2,7H2,1H3,(H,14,15)(H,16,17). The second-order valence-electron chi connectivity index (χ2n) is 3.63. The molecule has 1 aromatic rings. The van der Waals surface area contributed by atoms with Crippen LogP contribution in [-0.2, 0) is 16.0 Å². The van der Waals surface area contributed by atoms with Crippen molar-refractivity contribution in [1.29, 1.82) is 0 Å². The minimum absolute atomic E-state index is 0.0868. The molecule has 0 aliphatic carbocycles. The largest absolute Gasteiger partial charge is 0.480 e. The Kier molecular flexibility index (Phi) is 4.97. The monoisotopic (exact) mass is 255 g/mol. The summed E-state index contributed by atoms with van der Waals surface area (Å²) in [5, 5.41) is 11.8. The molecule has 0 heterocycles. The van der Waals surface area contributed by atoms with Crippen molar-refractivity contribution >= 4 is 23.5 Å². The fourth-order valence-corrected chi connectivity index (χ4v) is 1.60. The molecule has 0 fully saturated rings. The normalized spacial score (nSPS) is 11.9. The highest BCUT2D eigenvalue weighted by atomic mass is 35.5. The fraction of sp³-hybridized carbons (Fsp3) is 0.333. The second-order valence-corrected chi connectivity index (χ2v) is 4.04. The number of carbonyl (C=O) groups is 2. The third-order valence-electron chi connectivity index (χ3n) is 2.35. The average Bonchev–Trinajstić information content (AvgIpc) is 2.28. The summed E-state index contributed by atoms with van der Waals surface area (Å²) in [6.07, 6.45) is 0.438. The Hall–Kier alpha value is -1.55. The summed E-state index contributed by atoms with van der Waals surface area (Å²) in [6.45, 7) is 1.70. The molecule has 1 rings (SSSR count). The fourth-order valence-electron chi connectivity index (χ4n) is 1.40. The van der Waals surface area contributed by atoms with Gasteiger partial charge in [0.15, 0.2) is 0 Å². The summed E-state index contributed by atoms with van der Waals surface area (Å²) in [5.74, 6) is -1.37. The molecule has 1 atom stereocenters. The van der Waals surface area contributed by atoms with Gasteiger partial charge < -0.3 is 10.4 Å². The first-order chi connectivity index (χ1) is 8.04. The van der Waals surface area contributed by atoms with E-state index in [2.05, 4.69) is 5.32 Å². The van der Waals surface area contributed by atoms with Crippen LogP contribution in [0.3, 0.4) is 0 Å². The first-order valence-electron chi connectivity index (χ1n) is 5.30. The van der Waals surface area contributed by atoms with E-state index in [9.17, 15) is 9.59 Å². The van der Waals surface area contributed by atoms with Crippen molar-refractivity contribution in [2.45, 2.75) is 25.8 Å². The Balaban J connectivity index is 2.61. The summed E-state index contributed by atoms with van der Waals surface area (Å²) in [5.41, 5.74) is 0.687. The number of benzene rings is 1. The number of hydrogen-bond acceptors (Lipinski definition) is 2. The van der Waals surface area contributed by atoms with Crippen LogP contribution in [-0.4, -0.2) is 23.0 Å². The van der Waals surface area contributed by atoms with Gasteiger partial charge >= 0.3 is 5.97 Å². The lowest BCUT2D eigenvalue weighted by Gasteiger charge is -2.12. The van der Waals surface area contributed by atoms with Crippen LogP contribution in [0.4, 0.5) is 0 Å². The number of amides is 1. The van der Waals surface area contributed by atoms with E-state index in [1.165, 1.54) is 0 Å². The van der Waals surface area contributed by atoms with E-state index >= 15 is 0 Å². The zero-order chi connectivity index (χ0) is 12.8. The molecule has 0 aliphatic heterocycles. The number of hydrogen-bond donors (Lipinski definition) is 2. The van der Waals surface area contributed by atoms with Crippen LogP contribution in [0.25, 0.3) is 0 Å². The summed E-state index contributed by atoms with van der Waals surface area (Å²) in [6, 6.07) is 6.14. The number of aliphatic carboxylic acids is 1. The minimum Gasteiger partial charge on any atom is -0.480 e. The number of carbonyl (C=O) groups excluding carboxylic acids is 1. The van der Waals surface area contributed by atoms with Crippen molar-refractivity contribution in [2.75, 3.05) is 0 Å². The topological polar surface area (TPSA) is 66.4 Å². The van der Waals surface area contributed by atoms with Crippen LogP contribution in [0.2, 0.25) is 5.02 Å². The Labute approximate surface area is 105 Å². The van der Waals surface area contributed by atoms with Crippen molar-refractivity contribution in [1.82, 2.24) is 5.32 Å². The molecule has 92 valence electrons. The molecule has 0 aliphatic rings. The highest BCUT2D eigenvalue weighted by Crippen LogP contribution is 2.15. The molecule has 0 radical (unpaired) electrons. The van der Waals surface area contributed by atoms with Crippen molar-refractivity contribution in [3.63, 3.8) is 0 Å². The molecule has 0 saturated carbocycles. The zero-order valence-electron chi connectivity index (χ0n) is 9.44. The average molecular weight is 256 g/mol. The first-order valence-corrected chi connectivity index (χ1v) is 5.68. The molecule has 5 heteroatoms. The van der Waals surface area contributed by atoms with Crippen molar-refractivity contribution in [3.05, 3.63) is 34.9 Å². The Bertz CT molecular complexity index is 420. The predicted octanol–water partition coefficient (Wildman–Crippen LogP) is 1.86. The van der Waals surface area contributed by atoms with E-state index in [0.29, 0.717) is 17.0 Å². The summed E-state index contributed by atoms with van der Waals surface area (Å²) in [4.78, 5) is 22.3. The van der Waals surface area contributed by atoms with Gasteiger partial charge in [0.1, 0.15) is 6.04 Å². The molecule has 0 bridgehead atoms. The van der Waals surface area contributed by atoms with Crippen LogP contribution in [0.1, 0.15) is 18.9 Å². The third kappa shape index (κ3) is 4.07. The molecule has 2 N–H and O–H groups in total. The Morgan fingerprint density at radius 1 is 1.41 bits per heavy atom. The summed E-state index contributed by atoms with van der Waals surface area (Å²) >= 11 is 5.90. The van der Waals surface area contributed by atoms with Gasteiger partial charge in [-0.05, 0) is 18.1 Å². The van der Waals surface area contributed by atoms with Gasteiger partial charge in [0.2, 0.25) is 5.91 Å². The van der Waals surface area contributed by atoms with E-state index < -0.39 is 12.0 Å². The van der Waals surface area contributed by atoms with Gasteiger partial charge in [0.05, 0.1) is 6.42 Å². The Morgan fingerprint density at radius 2 is 2.06 bits per heavy atom. The lowest BCUT2D eigenvalue weighted by Crippen LogP contribution is -2.41. The molecule has 1 unspecified atom stereocenters. The first kappa shape index (κ1) is 13.5. The van der Waals surface area contributed by atoms with E-state index in [0.717, 1.165) is 0 Å². The number of halogens is 1. The van der Waals surface area contributed by atoms with Gasteiger partial charge in [-0.15, -0.1) is 0 Å². The number of carboxylic acids is 1. The molecule has 1 aromatic carbocycles. The van der Waals surface area contributed by atoms with Gasteiger partial charge in [-0.2, -0.15) is 0 Å². The van der Waals surface area contributed by atoms with Crippen molar-refractivity contribution < 1.29 is 14.7 Å². The highest BCUT2D eigenvalue weighted by molar-refractivity contribution is 6.31. The van der Waals surface area contributed by atoms with Crippen molar-refractivity contribution in [3.8, 4) is 0 Å². The molecular weight excluding hydrogens is 242 g/mol. The van der Waals surface area contributed by atoms with E-state index in [1.807, 2.05) is 0 Å². The minimum atomic E-state index is -1.03. The maximum atomic E-state index is 11.6. The summed E-state index contributed by atoms with van der Waals surface area (Å²) < 4.78 is 0. The van der Waals surface area contributed by atoms with Gasteiger partial charge in [-0.1, -0.05) is 36.7 Å². The lowest BCUT2D eigenvalue weighted by molar-refractivity contribution is -0.141. The number of carboxylic acid groups (broad SMARTS) is 1. The van der Waals surface area contributed by atoms with E-state index in [-0.39, 0.29) is 12.3 Å². The van der Waals surface area contributed by atoms with E-state index in [4.69, 9.17) is 16.7 Å². The smallest absolute Gasteiger partial charge is 0.326 e. The Morgan fingerprint density at radius 3 is 2.59 bits per heavy atom. The molecule has 0 spiro atoms. The highest BCUT2D eigenvalue weighted by Gasteiger charge is 2.17. The molecule has 0 aromatic heterocycles. The third-order valence-corrected chi connectivity index (χ3v) is 2.72. The molecular formula is C12H14ClNO3. The van der Waals surface area contributed by atoms with Crippen LogP contribution < -0.4 is 5.32 Å². The predicted molar refractivity (Wildman–Crippen MR) is 65.0 cm³/mol. The number of rotatable bonds is 5. The van der Waals surface area contributed by atoms with Crippen molar-refractivity contribution in [2.24, 2.45) is 0 Å². The van der Waals surface area contributed by atoms with Gasteiger partial charge in [0, 0.05) is 5.02 Å². The SMILES string of the molecule is CCC(NC(=O)Cc1ccccc1Cl)C(=O)O. The summed E-state index contributed by atoms with van der Waals surface area (Å²) in [7, 11) is 0. The van der Waals surface area contributed by atoms with E-state index in [1.54, 1.807) is 31.2 Å². The maximum absolute atomic E-state index is 11.6. The van der Waals surface area contributed by atoms with Crippen LogP contribution in [0.5, 0.6) is 0 Å². The molecule has 17 heavy (non-hydrogen) atoms. The van der Waals surface area contributed by atoms with Crippen LogP contribution >= 0.6 is 11.6 Å². The lowest BCUT2D eigenvalue weighted by atomic mass is 10.1. The quantitative estimate of drug-likeness (QED) is 0.844. The number of nitrogens with one attached hydrogen (secondary N) is 1. The van der Waals surface area contributed by atoms with Gasteiger partial charge in [-0.25, -0.2) is 4.79 Å². The zero-order valence-corrected chi connectivity index (χ0v) is 10.2. The van der Waals surface area contributed by atoms with Gasteiger partial charge in [-0.3, -0.25) is 4.79 Å². The van der Waals surface area contributed by atoms with Gasteiger partial charge in [0.25, 0.3) is 0 Å². The van der Waals surface area contributed by atoms with Crippen LogP contribution in [0.15, 0.2) is 24.3 Å².